The Labute approximate surface area is 151 Å². The Morgan fingerprint density at radius 1 is 1.21 bits per heavy atom. The molecule has 0 aliphatic carbocycles. The van der Waals surface area contributed by atoms with Gasteiger partial charge >= 0.3 is 0 Å². The SMILES string of the molecule is C#CCSc1nnc(NC(=O)CSc2ccc3ccccc3n2)s1. The van der Waals surface area contributed by atoms with Gasteiger partial charge in [-0.3, -0.25) is 10.1 Å². The Morgan fingerprint density at radius 3 is 2.96 bits per heavy atom. The molecule has 0 radical (unpaired) electrons. The van der Waals surface area contributed by atoms with Crippen LogP contribution in [-0.2, 0) is 4.79 Å². The fraction of sp³-hybridized carbons (Fsp3) is 0.125. The van der Waals surface area contributed by atoms with E-state index in [0.717, 1.165) is 20.3 Å². The average Bonchev–Trinajstić information content (AvgIpc) is 3.05. The number of amides is 1. The van der Waals surface area contributed by atoms with Gasteiger partial charge in [0.05, 0.1) is 22.0 Å². The van der Waals surface area contributed by atoms with Crippen LogP contribution in [0.4, 0.5) is 5.13 Å². The average molecular weight is 373 g/mol. The fourth-order valence-corrected chi connectivity index (χ4v) is 3.97. The molecule has 5 nitrogen and oxygen atoms in total. The van der Waals surface area contributed by atoms with Crippen molar-refractivity contribution in [3.8, 4) is 12.3 Å². The highest BCUT2D eigenvalue weighted by atomic mass is 32.2. The largest absolute Gasteiger partial charge is 0.300 e. The van der Waals surface area contributed by atoms with Crippen molar-refractivity contribution >= 4 is 56.8 Å². The van der Waals surface area contributed by atoms with Crippen molar-refractivity contribution in [1.29, 1.82) is 0 Å². The summed E-state index contributed by atoms with van der Waals surface area (Å²) in [4.78, 5) is 16.5. The predicted octanol–water partition coefficient (Wildman–Crippen LogP) is 3.54. The molecule has 0 aliphatic heterocycles. The van der Waals surface area contributed by atoms with Gasteiger partial charge in [0.25, 0.3) is 0 Å². The molecule has 1 amide bonds. The monoisotopic (exact) mass is 372 g/mol. The summed E-state index contributed by atoms with van der Waals surface area (Å²) in [5, 5.41) is 13.0. The summed E-state index contributed by atoms with van der Waals surface area (Å²) < 4.78 is 0.743. The van der Waals surface area contributed by atoms with Crippen LogP contribution >= 0.6 is 34.9 Å². The minimum Gasteiger partial charge on any atom is -0.300 e. The second-order valence-electron chi connectivity index (χ2n) is 4.54. The van der Waals surface area contributed by atoms with Gasteiger partial charge in [0.2, 0.25) is 11.0 Å². The third kappa shape index (κ3) is 4.47. The number of terminal acetylenes is 1. The molecule has 2 heterocycles. The van der Waals surface area contributed by atoms with Crippen molar-refractivity contribution in [3.63, 3.8) is 0 Å². The molecule has 0 aliphatic rings. The molecule has 1 aromatic carbocycles. The molecule has 0 spiro atoms. The fourth-order valence-electron chi connectivity index (χ4n) is 1.84. The lowest BCUT2D eigenvalue weighted by Gasteiger charge is -2.03. The van der Waals surface area contributed by atoms with Crippen LogP contribution in [0.2, 0.25) is 0 Å². The first kappa shape index (κ1) is 16.8. The smallest absolute Gasteiger partial charge is 0.236 e. The molecule has 0 saturated heterocycles. The number of nitrogens with zero attached hydrogens (tertiary/aromatic N) is 3. The number of aromatic nitrogens is 3. The molecule has 3 aromatic rings. The van der Waals surface area contributed by atoms with E-state index < -0.39 is 0 Å². The van der Waals surface area contributed by atoms with E-state index in [-0.39, 0.29) is 11.7 Å². The van der Waals surface area contributed by atoms with E-state index in [0.29, 0.717) is 10.9 Å². The minimum absolute atomic E-state index is 0.139. The lowest BCUT2D eigenvalue weighted by molar-refractivity contribution is -0.113. The summed E-state index contributed by atoms with van der Waals surface area (Å²) in [5.74, 6) is 3.18. The van der Waals surface area contributed by atoms with Gasteiger partial charge in [-0.2, -0.15) is 0 Å². The maximum atomic E-state index is 12.0. The van der Waals surface area contributed by atoms with E-state index in [2.05, 4.69) is 26.4 Å². The summed E-state index contributed by atoms with van der Waals surface area (Å²) >= 11 is 4.12. The van der Waals surface area contributed by atoms with E-state index >= 15 is 0 Å². The molecular formula is C16H12N4OS3. The van der Waals surface area contributed by atoms with E-state index in [1.165, 1.54) is 34.9 Å². The van der Waals surface area contributed by atoms with Crippen LogP contribution in [0.15, 0.2) is 45.8 Å². The van der Waals surface area contributed by atoms with Gasteiger partial charge in [-0.05, 0) is 12.1 Å². The summed E-state index contributed by atoms with van der Waals surface area (Å²) in [7, 11) is 0. The van der Waals surface area contributed by atoms with Crippen molar-refractivity contribution in [1.82, 2.24) is 15.2 Å². The van der Waals surface area contributed by atoms with Crippen molar-refractivity contribution in [3.05, 3.63) is 36.4 Å². The highest BCUT2D eigenvalue weighted by Gasteiger charge is 2.09. The number of anilines is 1. The molecule has 1 N–H and O–H groups in total. The van der Waals surface area contributed by atoms with Crippen LogP contribution < -0.4 is 5.32 Å². The van der Waals surface area contributed by atoms with Gasteiger partial charge in [-0.15, -0.1) is 16.6 Å². The standard InChI is InChI=1S/C16H12N4OS3/c1-2-9-22-16-20-19-15(24-16)18-13(21)10-23-14-8-7-11-5-3-4-6-12(11)17-14/h1,3-8H,9-10H2,(H,18,19,21). The van der Waals surface area contributed by atoms with Crippen molar-refractivity contribution < 1.29 is 4.79 Å². The van der Waals surface area contributed by atoms with Gasteiger partial charge in [0, 0.05) is 5.39 Å². The zero-order chi connectivity index (χ0) is 16.8. The number of carbonyl (C=O) groups is 1. The summed E-state index contributed by atoms with van der Waals surface area (Å²) in [6.45, 7) is 0. The van der Waals surface area contributed by atoms with Gasteiger partial charge in [0.15, 0.2) is 4.34 Å². The van der Waals surface area contributed by atoms with Gasteiger partial charge in [0.1, 0.15) is 0 Å². The number of nitrogens with one attached hydrogen (secondary N) is 1. The number of para-hydroxylation sites is 1. The minimum atomic E-state index is -0.139. The molecule has 0 fully saturated rings. The second kappa shape index (κ2) is 8.15. The van der Waals surface area contributed by atoms with Crippen LogP contribution in [-0.4, -0.2) is 32.6 Å². The Morgan fingerprint density at radius 2 is 2.08 bits per heavy atom. The molecule has 0 unspecified atom stereocenters. The highest BCUT2D eigenvalue weighted by Crippen LogP contribution is 2.25. The van der Waals surface area contributed by atoms with Crippen molar-refractivity contribution in [2.45, 2.75) is 9.37 Å². The van der Waals surface area contributed by atoms with Crippen LogP contribution in [0.5, 0.6) is 0 Å². The third-order valence-electron chi connectivity index (χ3n) is 2.86. The Bertz CT molecular complexity index is 903. The first-order chi connectivity index (χ1) is 11.7. The molecule has 0 bridgehead atoms. The molecular weight excluding hydrogens is 360 g/mol. The van der Waals surface area contributed by atoms with E-state index in [9.17, 15) is 4.79 Å². The highest BCUT2D eigenvalue weighted by molar-refractivity contribution is 8.01. The number of fused-ring (bicyclic) bond motifs is 1. The molecule has 24 heavy (non-hydrogen) atoms. The first-order valence-corrected chi connectivity index (χ1v) is 9.71. The van der Waals surface area contributed by atoms with Gasteiger partial charge in [-0.25, -0.2) is 4.98 Å². The third-order valence-corrected chi connectivity index (χ3v) is 5.66. The Hall–Kier alpha value is -2.08. The van der Waals surface area contributed by atoms with E-state index in [4.69, 9.17) is 6.42 Å². The van der Waals surface area contributed by atoms with Gasteiger partial charge < -0.3 is 0 Å². The molecule has 3 rings (SSSR count). The van der Waals surface area contributed by atoms with Crippen LogP contribution in [0, 0.1) is 12.3 Å². The Kier molecular flexibility index (Phi) is 5.69. The number of hydrogen-bond acceptors (Lipinski definition) is 7. The number of rotatable bonds is 6. The zero-order valence-electron chi connectivity index (χ0n) is 12.4. The maximum absolute atomic E-state index is 12.0. The van der Waals surface area contributed by atoms with Gasteiger partial charge in [-0.1, -0.05) is 65.0 Å². The van der Waals surface area contributed by atoms with E-state index in [1.807, 2.05) is 36.4 Å². The molecule has 120 valence electrons. The normalized spacial score (nSPS) is 10.5. The lowest BCUT2D eigenvalue weighted by Crippen LogP contribution is -2.13. The molecule has 0 saturated carbocycles. The lowest BCUT2D eigenvalue weighted by atomic mass is 10.2. The number of thioether (sulfide) groups is 2. The molecule has 0 atom stereocenters. The number of carbonyl (C=O) groups excluding carboxylic acids is 1. The number of hydrogen-bond donors (Lipinski definition) is 1. The summed E-state index contributed by atoms with van der Waals surface area (Å²) in [6, 6.07) is 11.8. The summed E-state index contributed by atoms with van der Waals surface area (Å²) in [6.07, 6.45) is 5.20. The van der Waals surface area contributed by atoms with Crippen molar-refractivity contribution in [2.24, 2.45) is 0 Å². The number of benzene rings is 1. The van der Waals surface area contributed by atoms with E-state index in [1.54, 1.807) is 0 Å². The van der Waals surface area contributed by atoms with Crippen LogP contribution in [0.1, 0.15) is 0 Å². The topological polar surface area (TPSA) is 67.8 Å². The molecule has 2 aromatic heterocycles. The Balaban J connectivity index is 1.54. The summed E-state index contributed by atoms with van der Waals surface area (Å²) in [5.41, 5.74) is 0.919. The maximum Gasteiger partial charge on any atom is 0.236 e. The zero-order valence-corrected chi connectivity index (χ0v) is 14.9. The van der Waals surface area contributed by atoms with Crippen LogP contribution in [0.3, 0.4) is 0 Å². The van der Waals surface area contributed by atoms with Crippen LogP contribution in [0.25, 0.3) is 10.9 Å². The number of pyridine rings is 1. The quantitative estimate of drug-likeness (QED) is 0.405. The molecule has 8 heteroatoms. The van der Waals surface area contributed by atoms with Crippen molar-refractivity contribution in [2.75, 3.05) is 16.8 Å². The first-order valence-electron chi connectivity index (χ1n) is 6.93. The second-order valence-corrected chi connectivity index (χ2v) is 7.74. The predicted molar refractivity (Wildman–Crippen MR) is 101 cm³/mol.